The second kappa shape index (κ2) is 5.91. The number of rotatable bonds is 3. The van der Waals surface area contributed by atoms with Crippen LogP contribution in [0.3, 0.4) is 0 Å². The fraction of sp³-hybridized carbons (Fsp3) is 0.389. The van der Waals surface area contributed by atoms with Gasteiger partial charge in [0.05, 0.1) is 0 Å². The topological polar surface area (TPSA) is 71.1 Å². The van der Waals surface area contributed by atoms with E-state index in [1.54, 1.807) is 18.7 Å². The Bertz CT molecular complexity index is 1090. The molecule has 0 bridgehead atoms. The van der Waals surface area contributed by atoms with Crippen molar-refractivity contribution in [3.63, 3.8) is 0 Å². The van der Waals surface area contributed by atoms with Gasteiger partial charge >= 0.3 is 11.7 Å². The zero-order chi connectivity index (χ0) is 18.5. The highest BCUT2D eigenvalue weighted by molar-refractivity contribution is 5.71. The van der Waals surface area contributed by atoms with Crippen molar-refractivity contribution in [1.82, 2.24) is 18.7 Å². The first-order valence-electron chi connectivity index (χ1n) is 8.13. The van der Waals surface area contributed by atoms with Gasteiger partial charge in [-0.3, -0.25) is 18.5 Å². The second-order valence-electron chi connectivity index (χ2n) is 6.63. The average Bonchev–Trinajstić information content (AvgIpc) is 2.89. The van der Waals surface area contributed by atoms with Gasteiger partial charge in [-0.25, -0.2) is 4.79 Å². The van der Waals surface area contributed by atoms with Crippen LogP contribution < -0.4 is 16.0 Å². The van der Waals surface area contributed by atoms with Gasteiger partial charge in [0, 0.05) is 21.1 Å². The van der Waals surface area contributed by atoms with E-state index in [0.717, 1.165) is 15.7 Å². The van der Waals surface area contributed by atoms with Crippen LogP contribution in [0.2, 0.25) is 0 Å². The van der Waals surface area contributed by atoms with Crippen molar-refractivity contribution in [2.45, 2.75) is 26.7 Å². The third-order valence-electron chi connectivity index (χ3n) is 4.42. The number of benzene rings is 1. The summed E-state index contributed by atoms with van der Waals surface area (Å²) in [5.41, 5.74) is 2.05. The highest BCUT2D eigenvalue weighted by atomic mass is 16.5. The minimum Gasteiger partial charge on any atom is -0.425 e. The van der Waals surface area contributed by atoms with Gasteiger partial charge < -0.3 is 4.74 Å². The molecule has 0 unspecified atom stereocenters. The molecule has 0 fully saturated rings. The van der Waals surface area contributed by atoms with Crippen LogP contribution in [-0.2, 0) is 21.1 Å². The summed E-state index contributed by atoms with van der Waals surface area (Å²) < 4.78 is 10.0. The van der Waals surface area contributed by atoms with E-state index in [2.05, 4.69) is 24.9 Å². The highest BCUT2D eigenvalue weighted by Gasteiger charge is 2.19. The van der Waals surface area contributed by atoms with Crippen molar-refractivity contribution >= 4 is 11.2 Å². The predicted octanol–water partition coefficient (Wildman–Crippen LogP) is 2.19. The molecule has 0 aliphatic carbocycles. The summed E-state index contributed by atoms with van der Waals surface area (Å²) in [7, 11) is 4.75. The lowest BCUT2D eigenvalue weighted by molar-refractivity contribution is 0.420. The second-order valence-corrected chi connectivity index (χ2v) is 6.63. The van der Waals surface area contributed by atoms with E-state index in [4.69, 9.17) is 4.74 Å². The van der Waals surface area contributed by atoms with Crippen LogP contribution in [0.1, 0.15) is 30.9 Å². The summed E-state index contributed by atoms with van der Waals surface area (Å²) in [5.74, 6) is 0.975. The predicted molar refractivity (Wildman–Crippen MR) is 96.5 cm³/mol. The molecule has 0 radical (unpaired) electrons. The van der Waals surface area contributed by atoms with Crippen molar-refractivity contribution in [3.05, 3.63) is 50.2 Å². The van der Waals surface area contributed by atoms with E-state index in [-0.39, 0.29) is 11.9 Å². The largest absolute Gasteiger partial charge is 0.425 e. The maximum atomic E-state index is 12.4. The van der Waals surface area contributed by atoms with Gasteiger partial charge in [-0.05, 0) is 24.5 Å². The molecule has 0 amide bonds. The molecule has 0 spiro atoms. The van der Waals surface area contributed by atoms with Crippen LogP contribution in [0, 0.1) is 6.92 Å². The molecule has 1 aromatic carbocycles. The van der Waals surface area contributed by atoms with Crippen molar-refractivity contribution in [2.75, 3.05) is 0 Å². The minimum atomic E-state index is -0.416. The Morgan fingerprint density at radius 1 is 1.04 bits per heavy atom. The van der Waals surface area contributed by atoms with E-state index in [9.17, 15) is 9.59 Å². The summed E-state index contributed by atoms with van der Waals surface area (Å²) in [4.78, 5) is 28.9. The van der Waals surface area contributed by atoms with Crippen LogP contribution in [0.4, 0.5) is 0 Å². The number of hydrogen-bond acceptors (Lipinski definition) is 4. The van der Waals surface area contributed by atoms with Gasteiger partial charge in [0.25, 0.3) is 5.56 Å². The molecular weight excluding hydrogens is 320 g/mol. The SMILES string of the molecule is Cc1ccc(Oc2nc3c(c(=O)n(C)c(=O)n3C)n2C)c(C(C)C)c1. The molecule has 3 aromatic rings. The van der Waals surface area contributed by atoms with Gasteiger partial charge in [0.2, 0.25) is 0 Å². The molecule has 7 heteroatoms. The summed E-state index contributed by atoms with van der Waals surface area (Å²) >= 11 is 0. The summed E-state index contributed by atoms with van der Waals surface area (Å²) in [6.07, 6.45) is 0. The van der Waals surface area contributed by atoms with Crippen molar-refractivity contribution in [2.24, 2.45) is 21.1 Å². The molecule has 0 aliphatic rings. The Morgan fingerprint density at radius 3 is 2.36 bits per heavy atom. The lowest BCUT2D eigenvalue weighted by atomic mass is 10.00. The monoisotopic (exact) mass is 342 g/mol. The molecule has 132 valence electrons. The molecule has 7 nitrogen and oxygen atoms in total. The van der Waals surface area contributed by atoms with E-state index in [1.165, 1.54) is 11.6 Å². The normalized spacial score (nSPS) is 11.5. The fourth-order valence-electron chi connectivity index (χ4n) is 2.90. The van der Waals surface area contributed by atoms with Gasteiger partial charge in [-0.15, -0.1) is 0 Å². The van der Waals surface area contributed by atoms with E-state index >= 15 is 0 Å². The van der Waals surface area contributed by atoms with E-state index in [0.29, 0.717) is 16.9 Å². The van der Waals surface area contributed by atoms with Crippen LogP contribution in [0.15, 0.2) is 27.8 Å². The smallest absolute Gasteiger partial charge is 0.332 e. The zero-order valence-corrected chi connectivity index (χ0v) is 15.3. The van der Waals surface area contributed by atoms with Crippen molar-refractivity contribution in [3.8, 4) is 11.8 Å². The van der Waals surface area contributed by atoms with E-state index in [1.807, 2.05) is 19.1 Å². The zero-order valence-electron chi connectivity index (χ0n) is 15.3. The number of hydrogen-bond donors (Lipinski definition) is 0. The number of nitrogens with zero attached hydrogens (tertiary/aromatic N) is 4. The first-order valence-corrected chi connectivity index (χ1v) is 8.13. The molecule has 3 rings (SSSR count). The molecule has 2 heterocycles. The molecule has 0 saturated heterocycles. The lowest BCUT2D eigenvalue weighted by Crippen LogP contribution is -2.37. The van der Waals surface area contributed by atoms with Crippen LogP contribution in [0.5, 0.6) is 11.8 Å². The first kappa shape index (κ1) is 17.0. The third-order valence-corrected chi connectivity index (χ3v) is 4.42. The van der Waals surface area contributed by atoms with E-state index < -0.39 is 11.2 Å². The first-order chi connectivity index (χ1) is 11.7. The lowest BCUT2D eigenvalue weighted by Gasteiger charge is -2.14. The summed E-state index contributed by atoms with van der Waals surface area (Å²) in [6.45, 7) is 6.22. The highest BCUT2D eigenvalue weighted by Crippen LogP contribution is 2.31. The number of aryl methyl sites for hydroxylation is 3. The van der Waals surface area contributed by atoms with Gasteiger partial charge in [-0.2, -0.15) is 4.98 Å². The maximum absolute atomic E-state index is 12.4. The van der Waals surface area contributed by atoms with Crippen LogP contribution >= 0.6 is 0 Å². The number of imidazole rings is 1. The molecular formula is C18H22N4O3. The van der Waals surface area contributed by atoms with Crippen molar-refractivity contribution < 1.29 is 4.74 Å². The standard InChI is InChI=1S/C18H22N4O3/c1-10(2)12-9-11(3)7-8-13(12)25-17-19-15-14(20(17)4)16(23)22(6)18(24)21(15)5/h7-10H,1-6H3. The summed E-state index contributed by atoms with van der Waals surface area (Å²) in [6, 6.07) is 6.23. The Morgan fingerprint density at radius 2 is 1.72 bits per heavy atom. The van der Waals surface area contributed by atoms with Gasteiger partial charge in [0.1, 0.15) is 5.75 Å². The Labute approximate surface area is 145 Å². The maximum Gasteiger partial charge on any atom is 0.332 e. The summed E-state index contributed by atoms with van der Waals surface area (Å²) in [5, 5.41) is 0. The number of fused-ring (bicyclic) bond motifs is 1. The van der Waals surface area contributed by atoms with Gasteiger partial charge in [-0.1, -0.05) is 31.5 Å². The molecule has 25 heavy (non-hydrogen) atoms. The molecule has 0 aliphatic heterocycles. The Kier molecular flexibility index (Phi) is 4.02. The Hall–Kier alpha value is -2.83. The van der Waals surface area contributed by atoms with Gasteiger partial charge in [0.15, 0.2) is 11.2 Å². The number of aromatic nitrogens is 4. The molecule has 0 atom stereocenters. The molecule has 0 N–H and O–H groups in total. The van der Waals surface area contributed by atoms with Crippen molar-refractivity contribution in [1.29, 1.82) is 0 Å². The quantitative estimate of drug-likeness (QED) is 0.731. The Balaban J connectivity index is 2.21. The molecule has 2 aromatic heterocycles. The minimum absolute atomic E-state index is 0.277. The van der Waals surface area contributed by atoms with Crippen LogP contribution in [-0.4, -0.2) is 18.7 Å². The van der Waals surface area contributed by atoms with Crippen LogP contribution in [0.25, 0.3) is 11.2 Å². The average molecular weight is 342 g/mol. The number of ether oxygens (including phenoxy) is 1. The molecule has 0 saturated carbocycles. The fourth-order valence-corrected chi connectivity index (χ4v) is 2.90. The third kappa shape index (κ3) is 2.65.